The fourth-order valence-corrected chi connectivity index (χ4v) is 2.58. The first-order chi connectivity index (χ1) is 9.18. The van der Waals surface area contributed by atoms with Crippen LogP contribution >= 0.6 is 10.7 Å². The fourth-order valence-electron chi connectivity index (χ4n) is 1.81. The molecular formula is C14H18ClNO3S. The van der Waals surface area contributed by atoms with Crippen molar-refractivity contribution in [2.24, 2.45) is 0 Å². The number of hydrogen-bond acceptors (Lipinski definition) is 3. The van der Waals surface area contributed by atoms with E-state index in [2.05, 4.69) is 6.58 Å². The van der Waals surface area contributed by atoms with Gasteiger partial charge in [0.15, 0.2) is 0 Å². The van der Waals surface area contributed by atoms with Crippen molar-refractivity contribution in [2.75, 3.05) is 6.54 Å². The highest BCUT2D eigenvalue weighted by molar-refractivity contribution is 8.13. The van der Waals surface area contributed by atoms with Crippen molar-refractivity contribution >= 4 is 25.6 Å². The molecule has 0 aliphatic carbocycles. The standard InChI is InChI=1S/C14H18ClNO3S/c1-5-8-16(10(2)3)14(17)13-9-12(20(15,18)19)7-6-11(13)4/h5-7,9-10H,1,8H2,2-4H3. The van der Waals surface area contributed by atoms with Crippen molar-refractivity contribution in [3.63, 3.8) is 0 Å². The zero-order valence-electron chi connectivity index (χ0n) is 11.8. The Morgan fingerprint density at radius 1 is 1.45 bits per heavy atom. The number of rotatable bonds is 5. The molecule has 1 aromatic rings. The average molecular weight is 316 g/mol. The minimum Gasteiger partial charge on any atom is -0.333 e. The van der Waals surface area contributed by atoms with E-state index in [1.165, 1.54) is 12.1 Å². The Bertz CT molecular complexity index is 623. The summed E-state index contributed by atoms with van der Waals surface area (Å²) < 4.78 is 22.7. The van der Waals surface area contributed by atoms with Gasteiger partial charge >= 0.3 is 0 Å². The molecule has 0 heterocycles. The highest BCUT2D eigenvalue weighted by Gasteiger charge is 2.21. The zero-order valence-corrected chi connectivity index (χ0v) is 13.3. The van der Waals surface area contributed by atoms with Crippen molar-refractivity contribution in [3.8, 4) is 0 Å². The van der Waals surface area contributed by atoms with Crippen molar-refractivity contribution in [3.05, 3.63) is 42.0 Å². The maximum Gasteiger partial charge on any atom is 0.261 e. The molecule has 0 aromatic heterocycles. The topological polar surface area (TPSA) is 54.5 Å². The summed E-state index contributed by atoms with van der Waals surface area (Å²) in [5.41, 5.74) is 1.04. The van der Waals surface area contributed by atoms with Crippen LogP contribution in [0.5, 0.6) is 0 Å². The Morgan fingerprint density at radius 2 is 2.05 bits per heavy atom. The van der Waals surface area contributed by atoms with Gasteiger partial charge in [-0.25, -0.2) is 8.42 Å². The lowest BCUT2D eigenvalue weighted by Gasteiger charge is -2.26. The molecule has 1 amide bonds. The third kappa shape index (κ3) is 3.84. The van der Waals surface area contributed by atoms with Crippen molar-refractivity contribution in [1.29, 1.82) is 0 Å². The number of aryl methyl sites for hydroxylation is 1. The second-order valence-electron chi connectivity index (χ2n) is 4.75. The highest BCUT2D eigenvalue weighted by atomic mass is 35.7. The van der Waals surface area contributed by atoms with Gasteiger partial charge in [0.05, 0.1) is 4.90 Å². The lowest BCUT2D eigenvalue weighted by atomic mass is 10.1. The number of amides is 1. The van der Waals surface area contributed by atoms with Gasteiger partial charge in [-0.1, -0.05) is 12.1 Å². The van der Waals surface area contributed by atoms with Gasteiger partial charge in [-0.3, -0.25) is 4.79 Å². The Morgan fingerprint density at radius 3 is 2.50 bits per heavy atom. The lowest BCUT2D eigenvalue weighted by molar-refractivity contribution is 0.0728. The normalized spacial score (nSPS) is 11.4. The maximum absolute atomic E-state index is 12.5. The number of halogens is 1. The van der Waals surface area contributed by atoms with Crippen LogP contribution < -0.4 is 0 Å². The highest BCUT2D eigenvalue weighted by Crippen LogP contribution is 2.21. The first-order valence-electron chi connectivity index (χ1n) is 6.15. The van der Waals surface area contributed by atoms with E-state index in [1.54, 1.807) is 24.0 Å². The summed E-state index contributed by atoms with van der Waals surface area (Å²) in [5.74, 6) is -0.237. The second-order valence-corrected chi connectivity index (χ2v) is 7.32. The Hall–Kier alpha value is -1.33. The van der Waals surface area contributed by atoms with Gasteiger partial charge in [-0.15, -0.1) is 6.58 Å². The zero-order chi connectivity index (χ0) is 15.5. The number of carbonyl (C=O) groups excluding carboxylic acids is 1. The molecule has 0 saturated carbocycles. The van der Waals surface area contributed by atoms with E-state index in [0.29, 0.717) is 17.7 Å². The summed E-state index contributed by atoms with van der Waals surface area (Å²) in [6, 6.07) is 4.27. The van der Waals surface area contributed by atoms with Crippen LogP contribution in [0, 0.1) is 6.92 Å². The number of hydrogen-bond donors (Lipinski definition) is 0. The molecule has 0 aliphatic rings. The summed E-state index contributed by atoms with van der Waals surface area (Å²) in [6.45, 7) is 9.55. The molecule has 6 heteroatoms. The number of nitrogens with zero attached hydrogens (tertiary/aromatic N) is 1. The average Bonchev–Trinajstić information content (AvgIpc) is 2.34. The third-order valence-corrected chi connectivity index (χ3v) is 4.28. The predicted molar refractivity (Wildman–Crippen MR) is 80.6 cm³/mol. The van der Waals surface area contributed by atoms with Crippen LogP contribution in [0.15, 0.2) is 35.7 Å². The van der Waals surface area contributed by atoms with Crippen molar-refractivity contribution in [1.82, 2.24) is 4.90 Å². The largest absolute Gasteiger partial charge is 0.333 e. The van der Waals surface area contributed by atoms with E-state index in [0.717, 1.165) is 0 Å². The molecule has 0 N–H and O–H groups in total. The molecule has 0 spiro atoms. The monoisotopic (exact) mass is 315 g/mol. The lowest BCUT2D eigenvalue weighted by Crippen LogP contribution is -2.37. The van der Waals surface area contributed by atoms with Crippen LogP contribution in [0.3, 0.4) is 0 Å². The van der Waals surface area contributed by atoms with Gasteiger partial charge in [0, 0.05) is 28.8 Å². The van der Waals surface area contributed by atoms with Gasteiger partial charge in [0.1, 0.15) is 0 Å². The first-order valence-corrected chi connectivity index (χ1v) is 8.46. The van der Waals surface area contributed by atoms with E-state index >= 15 is 0 Å². The second kappa shape index (κ2) is 6.41. The summed E-state index contributed by atoms with van der Waals surface area (Å²) >= 11 is 0. The van der Waals surface area contributed by atoms with Gasteiger partial charge in [0.2, 0.25) is 0 Å². The van der Waals surface area contributed by atoms with E-state index in [4.69, 9.17) is 10.7 Å². The smallest absolute Gasteiger partial charge is 0.261 e. The molecule has 4 nitrogen and oxygen atoms in total. The molecule has 0 atom stereocenters. The molecule has 0 fully saturated rings. The fraction of sp³-hybridized carbons (Fsp3) is 0.357. The minimum absolute atomic E-state index is 0.0174. The number of carbonyl (C=O) groups is 1. The first kappa shape index (κ1) is 16.7. The van der Waals surface area contributed by atoms with Gasteiger partial charge in [-0.05, 0) is 38.5 Å². The molecular weight excluding hydrogens is 298 g/mol. The van der Waals surface area contributed by atoms with Gasteiger partial charge < -0.3 is 4.90 Å². The molecule has 0 unspecified atom stereocenters. The summed E-state index contributed by atoms with van der Waals surface area (Å²) in [5, 5.41) is 0. The summed E-state index contributed by atoms with van der Waals surface area (Å²) in [7, 11) is 1.47. The van der Waals surface area contributed by atoms with E-state index in [-0.39, 0.29) is 16.8 Å². The van der Waals surface area contributed by atoms with Crippen LogP contribution in [0.2, 0.25) is 0 Å². The molecule has 0 aliphatic heterocycles. The van der Waals surface area contributed by atoms with Crippen LogP contribution in [0.4, 0.5) is 0 Å². The Labute approximate surface area is 124 Å². The molecule has 1 rings (SSSR count). The van der Waals surface area contributed by atoms with Gasteiger partial charge in [0.25, 0.3) is 15.0 Å². The SMILES string of the molecule is C=CCN(C(=O)c1cc(S(=O)(=O)Cl)ccc1C)C(C)C. The Balaban J connectivity index is 3.30. The van der Waals surface area contributed by atoms with Crippen LogP contribution in [0.1, 0.15) is 29.8 Å². The summed E-state index contributed by atoms with van der Waals surface area (Å²) in [4.78, 5) is 14.1. The molecule has 20 heavy (non-hydrogen) atoms. The molecule has 0 saturated heterocycles. The van der Waals surface area contributed by atoms with E-state index in [9.17, 15) is 13.2 Å². The maximum atomic E-state index is 12.5. The third-order valence-electron chi connectivity index (χ3n) is 2.93. The Kier molecular flexibility index (Phi) is 5.36. The predicted octanol–water partition coefficient (Wildman–Crippen LogP) is 2.96. The quantitative estimate of drug-likeness (QED) is 0.620. The van der Waals surface area contributed by atoms with Crippen LogP contribution in [-0.2, 0) is 9.05 Å². The molecule has 0 radical (unpaired) electrons. The van der Waals surface area contributed by atoms with Gasteiger partial charge in [-0.2, -0.15) is 0 Å². The van der Waals surface area contributed by atoms with Crippen LogP contribution in [-0.4, -0.2) is 31.8 Å². The van der Waals surface area contributed by atoms with Crippen molar-refractivity contribution < 1.29 is 13.2 Å². The number of benzene rings is 1. The molecule has 0 bridgehead atoms. The molecule has 1 aromatic carbocycles. The van der Waals surface area contributed by atoms with E-state index in [1.807, 2.05) is 13.8 Å². The van der Waals surface area contributed by atoms with Crippen LogP contribution in [0.25, 0.3) is 0 Å². The minimum atomic E-state index is -3.85. The molecule has 110 valence electrons. The summed E-state index contributed by atoms with van der Waals surface area (Å²) in [6.07, 6.45) is 1.63. The van der Waals surface area contributed by atoms with E-state index < -0.39 is 9.05 Å². The van der Waals surface area contributed by atoms with Crippen molar-refractivity contribution in [2.45, 2.75) is 31.7 Å².